The Balaban J connectivity index is 3.70. The Morgan fingerprint density at radius 3 is 2.55 bits per heavy atom. The standard InChI is InChI=1S/C6H8N2O2S/c1-4-3-5(2)8-6(7-4)11(9)10/h3,7H,1-2H3. The second-order valence-corrected chi connectivity index (χ2v) is 3.10. The van der Waals surface area contributed by atoms with Crippen LogP contribution in [0.2, 0.25) is 0 Å². The van der Waals surface area contributed by atoms with Crippen LogP contribution in [0.1, 0.15) is 11.4 Å². The first-order valence-corrected chi connectivity index (χ1v) is 4.14. The number of aromatic amines is 1. The molecule has 0 fully saturated rings. The van der Waals surface area contributed by atoms with Gasteiger partial charge in [0, 0.05) is 11.4 Å². The molecule has 0 bridgehead atoms. The van der Waals surface area contributed by atoms with Gasteiger partial charge < -0.3 is 4.98 Å². The third-order valence-corrected chi connectivity index (χ3v) is 1.67. The lowest BCUT2D eigenvalue weighted by molar-refractivity contribution is 0.623. The van der Waals surface area contributed by atoms with Gasteiger partial charge in [-0.3, -0.25) is 0 Å². The van der Waals surface area contributed by atoms with Crippen LogP contribution in [0.4, 0.5) is 0 Å². The van der Waals surface area contributed by atoms with Gasteiger partial charge in [-0.25, -0.2) is 4.98 Å². The Labute approximate surface area is 65.5 Å². The molecule has 0 spiro atoms. The number of hydrogen-bond donors (Lipinski definition) is 1. The molecule has 0 atom stereocenters. The molecule has 60 valence electrons. The highest BCUT2D eigenvalue weighted by Gasteiger charge is 1.89. The van der Waals surface area contributed by atoms with Crippen LogP contribution in [0.5, 0.6) is 0 Å². The maximum atomic E-state index is 10.4. The summed E-state index contributed by atoms with van der Waals surface area (Å²) in [5, 5.41) is 0. The number of H-pyrrole nitrogens is 1. The van der Waals surface area contributed by atoms with Crippen molar-refractivity contribution < 1.29 is 8.42 Å². The van der Waals surface area contributed by atoms with Gasteiger partial charge in [0.2, 0.25) is 0 Å². The van der Waals surface area contributed by atoms with Crippen LogP contribution in [0.15, 0.2) is 6.07 Å². The molecule has 4 nitrogen and oxygen atoms in total. The Kier molecular flexibility index (Phi) is 2.09. The summed E-state index contributed by atoms with van der Waals surface area (Å²) in [6, 6.07) is 1.77. The van der Waals surface area contributed by atoms with Crippen molar-refractivity contribution in [1.82, 2.24) is 9.97 Å². The molecule has 0 aliphatic heterocycles. The highest BCUT2D eigenvalue weighted by molar-refractivity contribution is 7.63. The van der Waals surface area contributed by atoms with Crippen LogP contribution in [-0.2, 0) is 10.3 Å². The first-order chi connectivity index (χ1) is 5.09. The maximum absolute atomic E-state index is 10.4. The van der Waals surface area contributed by atoms with E-state index >= 15 is 0 Å². The van der Waals surface area contributed by atoms with Gasteiger partial charge in [0.15, 0.2) is 0 Å². The molecule has 0 saturated heterocycles. The minimum Gasteiger partial charge on any atom is -0.331 e. The minimum absolute atomic E-state index is 0.0116. The number of hydrogen-bond acceptors (Lipinski definition) is 3. The summed E-state index contributed by atoms with van der Waals surface area (Å²) in [6.45, 7) is 3.53. The number of rotatable bonds is 0. The zero-order valence-electron chi connectivity index (χ0n) is 6.25. The zero-order valence-corrected chi connectivity index (χ0v) is 7.07. The van der Waals surface area contributed by atoms with E-state index in [0.29, 0.717) is 5.69 Å². The van der Waals surface area contributed by atoms with E-state index in [9.17, 15) is 8.42 Å². The van der Waals surface area contributed by atoms with Gasteiger partial charge in [-0.15, -0.1) is 0 Å². The highest BCUT2D eigenvalue weighted by atomic mass is 32.2. The van der Waals surface area contributed by atoms with Gasteiger partial charge in [0.25, 0.3) is 15.1 Å². The van der Waals surface area contributed by atoms with Crippen molar-refractivity contribution in [3.8, 4) is 0 Å². The summed E-state index contributed by atoms with van der Waals surface area (Å²) >= 11 is 0. The van der Waals surface area contributed by atoms with E-state index in [1.807, 2.05) is 0 Å². The molecule has 0 aromatic carbocycles. The van der Waals surface area contributed by atoms with Crippen LogP contribution >= 0.6 is 0 Å². The van der Waals surface area contributed by atoms with Gasteiger partial charge in [-0.2, -0.15) is 8.42 Å². The van der Waals surface area contributed by atoms with Gasteiger partial charge in [0.1, 0.15) is 0 Å². The SMILES string of the molecule is Cc1cc(C)[nH]c(=S(=O)=O)n1. The fraction of sp³-hybridized carbons (Fsp3) is 0.333. The molecule has 0 amide bonds. The Morgan fingerprint density at radius 1 is 1.45 bits per heavy atom. The molecule has 5 heteroatoms. The molecule has 0 unspecified atom stereocenters. The highest BCUT2D eigenvalue weighted by Crippen LogP contribution is 1.93. The molecule has 11 heavy (non-hydrogen) atoms. The molecular weight excluding hydrogens is 164 g/mol. The molecule has 1 N–H and O–H groups in total. The van der Waals surface area contributed by atoms with Crippen LogP contribution in [0.25, 0.3) is 0 Å². The summed E-state index contributed by atoms with van der Waals surface area (Å²) in [5.74, 6) is 0. The maximum Gasteiger partial charge on any atom is 0.258 e. The van der Waals surface area contributed by atoms with Crippen LogP contribution < -0.4 is 0 Å². The monoisotopic (exact) mass is 172 g/mol. The molecule has 0 saturated carbocycles. The van der Waals surface area contributed by atoms with E-state index in [0.717, 1.165) is 5.69 Å². The van der Waals surface area contributed by atoms with E-state index in [1.54, 1.807) is 19.9 Å². The van der Waals surface area contributed by atoms with Gasteiger partial charge in [-0.05, 0) is 19.9 Å². The Hall–Kier alpha value is -1.10. The summed E-state index contributed by atoms with van der Waals surface area (Å²) in [4.78, 5) is 6.39. The van der Waals surface area contributed by atoms with Crippen LogP contribution in [0.3, 0.4) is 0 Å². The first kappa shape index (κ1) is 8.00. The number of nitrogens with zero attached hydrogens (tertiary/aromatic N) is 1. The van der Waals surface area contributed by atoms with Crippen molar-refractivity contribution in [2.75, 3.05) is 0 Å². The van der Waals surface area contributed by atoms with E-state index in [-0.39, 0.29) is 4.77 Å². The van der Waals surface area contributed by atoms with Crippen molar-refractivity contribution in [2.24, 2.45) is 0 Å². The zero-order chi connectivity index (χ0) is 8.43. The molecule has 1 aromatic rings. The fourth-order valence-electron chi connectivity index (χ4n) is 0.817. The second kappa shape index (κ2) is 2.87. The predicted octanol–water partition coefficient (Wildman–Crippen LogP) is 0.438. The first-order valence-electron chi connectivity index (χ1n) is 3.06. The van der Waals surface area contributed by atoms with E-state index in [2.05, 4.69) is 9.97 Å². The predicted molar refractivity (Wildman–Crippen MR) is 40.2 cm³/mol. The van der Waals surface area contributed by atoms with Crippen LogP contribution in [0, 0.1) is 18.6 Å². The van der Waals surface area contributed by atoms with E-state index < -0.39 is 10.3 Å². The number of aryl methyl sites for hydroxylation is 2. The average Bonchev–Trinajstić information content (AvgIpc) is 1.85. The summed E-state index contributed by atoms with van der Waals surface area (Å²) in [6.07, 6.45) is 0. The third-order valence-electron chi connectivity index (χ3n) is 1.17. The Morgan fingerprint density at radius 2 is 2.09 bits per heavy atom. The lowest BCUT2D eigenvalue weighted by Gasteiger charge is -1.92. The molecule has 0 aliphatic rings. The minimum atomic E-state index is -2.27. The summed E-state index contributed by atoms with van der Waals surface area (Å²) in [7, 11) is -2.27. The molecule has 1 rings (SSSR count). The quantitative estimate of drug-likeness (QED) is 0.577. The lowest BCUT2D eigenvalue weighted by Crippen LogP contribution is -1.90. The lowest BCUT2D eigenvalue weighted by atomic mass is 10.4. The van der Waals surface area contributed by atoms with Crippen molar-refractivity contribution >= 4 is 10.3 Å². The molecule has 1 aromatic heterocycles. The third kappa shape index (κ3) is 1.91. The Bertz CT molecular complexity index is 399. The summed E-state index contributed by atoms with van der Waals surface area (Å²) < 4.78 is 20.8. The van der Waals surface area contributed by atoms with Crippen molar-refractivity contribution in [3.63, 3.8) is 0 Å². The topological polar surface area (TPSA) is 62.8 Å². The average molecular weight is 172 g/mol. The van der Waals surface area contributed by atoms with Gasteiger partial charge >= 0.3 is 0 Å². The van der Waals surface area contributed by atoms with Gasteiger partial charge in [-0.1, -0.05) is 0 Å². The smallest absolute Gasteiger partial charge is 0.258 e. The van der Waals surface area contributed by atoms with E-state index in [1.165, 1.54) is 0 Å². The van der Waals surface area contributed by atoms with Crippen molar-refractivity contribution in [3.05, 3.63) is 22.2 Å². The molecule has 0 radical (unpaired) electrons. The molecule has 0 aliphatic carbocycles. The van der Waals surface area contributed by atoms with Gasteiger partial charge in [0.05, 0.1) is 0 Å². The largest absolute Gasteiger partial charge is 0.331 e. The van der Waals surface area contributed by atoms with E-state index in [4.69, 9.17) is 0 Å². The molecular formula is C6H8N2O2S. The number of aromatic nitrogens is 2. The van der Waals surface area contributed by atoms with Crippen molar-refractivity contribution in [1.29, 1.82) is 0 Å². The second-order valence-electron chi connectivity index (χ2n) is 2.25. The fourth-order valence-corrected chi connectivity index (χ4v) is 1.28. The summed E-state index contributed by atoms with van der Waals surface area (Å²) in [5.41, 5.74) is 1.48. The normalized spacial score (nSPS) is 9.64. The van der Waals surface area contributed by atoms with Crippen molar-refractivity contribution in [2.45, 2.75) is 13.8 Å². The van der Waals surface area contributed by atoms with Crippen LogP contribution in [-0.4, -0.2) is 18.4 Å². The molecule has 1 heterocycles. The number of nitrogens with one attached hydrogen (secondary N) is 1.